The fourth-order valence-corrected chi connectivity index (χ4v) is 0.129. The SMILES string of the molecule is CCC(C)CO.[H-].[Li+]. The summed E-state index contributed by atoms with van der Waals surface area (Å²) in [6.07, 6.45) is 1.08. The van der Waals surface area contributed by atoms with E-state index in [2.05, 4.69) is 6.92 Å². The van der Waals surface area contributed by atoms with Crippen LogP contribution in [0, 0.1) is 5.92 Å². The summed E-state index contributed by atoms with van der Waals surface area (Å²) in [5, 5.41) is 8.33. The van der Waals surface area contributed by atoms with Crippen LogP contribution in [0.2, 0.25) is 0 Å². The molecule has 0 aliphatic rings. The molecule has 0 saturated heterocycles. The third-order valence-corrected chi connectivity index (χ3v) is 1.01. The molecule has 0 heterocycles. The molecule has 2 heteroatoms. The average molecular weight is 96.1 g/mol. The van der Waals surface area contributed by atoms with Gasteiger partial charge in [-0.3, -0.25) is 0 Å². The van der Waals surface area contributed by atoms with Gasteiger partial charge in [0.2, 0.25) is 0 Å². The molecule has 0 amide bonds. The Bertz CT molecular complexity index is 31.6. The second kappa shape index (κ2) is 6.56. The third-order valence-electron chi connectivity index (χ3n) is 1.01. The third kappa shape index (κ3) is 6.56. The zero-order valence-electron chi connectivity index (χ0n) is 6.44. The van der Waals surface area contributed by atoms with Crippen molar-refractivity contribution in [1.29, 1.82) is 0 Å². The number of aliphatic hydroxyl groups excluding tert-OH is 1. The van der Waals surface area contributed by atoms with Crippen molar-refractivity contribution in [2.45, 2.75) is 20.3 Å². The number of aliphatic hydroxyl groups is 1. The largest absolute Gasteiger partial charge is 1.00 e. The molecular weight excluding hydrogens is 83.0 g/mol. The summed E-state index contributed by atoms with van der Waals surface area (Å²) in [5.74, 6) is 0.491. The number of hydrogen-bond acceptors (Lipinski definition) is 1. The molecule has 1 N–H and O–H groups in total. The van der Waals surface area contributed by atoms with E-state index >= 15 is 0 Å². The molecular formula is C5H13LiO. The average Bonchev–Trinajstić information content (AvgIpc) is 1.65. The summed E-state index contributed by atoms with van der Waals surface area (Å²) in [6.45, 7) is 4.43. The van der Waals surface area contributed by atoms with Gasteiger partial charge in [0, 0.05) is 6.61 Å². The van der Waals surface area contributed by atoms with E-state index in [-0.39, 0.29) is 20.3 Å². The molecule has 1 unspecified atom stereocenters. The molecule has 0 aromatic carbocycles. The maximum Gasteiger partial charge on any atom is 1.00 e. The Morgan fingerprint density at radius 2 is 2.14 bits per heavy atom. The Balaban J connectivity index is -0.000000125. The Kier molecular flexibility index (Phi) is 9.86. The molecule has 0 saturated carbocycles. The van der Waals surface area contributed by atoms with Gasteiger partial charge >= 0.3 is 18.9 Å². The van der Waals surface area contributed by atoms with E-state index in [1.165, 1.54) is 0 Å². The van der Waals surface area contributed by atoms with Crippen LogP contribution in [0.15, 0.2) is 0 Å². The number of rotatable bonds is 2. The van der Waals surface area contributed by atoms with Crippen molar-refractivity contribution in [2.75, 3.05) is 6.61 Å². The first-order valence-corrected chi connectivity index (χ1v) is 2.42. The zero-order chi connectivity index (χ0) is 4.99. The first kappa shape index (κ1) is 10.5. The van der Waals surface area contributed by atoms with Crippen LogP contribution < -0.4 is 18.9 Å². The van der Waals surface area contributed by atoms with Crippen molar-refractivity contribution in [3.05, 3.63) is 0 Å². The fraction of sp³-hybridized carbons (Fsp3) is 1.00. The fourth-order valence-electron chi connectivity index (χ4n) is 0.129. The zero-order valence-corrected chi connectivity index (χ0v) is 5.44. The van der Waals surface area contributed by atoms with E-state index in [1.54, 1.807) is 0 Å². The van der Waals surface area contributed by atoms with E-state index < -0.39 is 0 Å². The van der Waals surface area contributed by atoms with Crippen LogP contribution in [0.1, 0.15) is 21.7 Å². The van der Waals surface area contributed by atoms with E-state index in [1.807, 2.05) is 6.92 Å². The van der Waals surface area contributed by atoms with Crippen molar-refractivity contribution in [2.24, 2.45) is 5.92 Å². The summed E-state index contributed by atoms with van der Waals surface area (Å²) in [4.78, 5) is 0. The van der Waals surface area contributed by atoms with E-state index in [0.717, 1.165) is 6.42 Å². The topological polar surface area (TPSA) is 20.2 Å². The first-order chi connectivity index (χ1) is 2.81. The molecule has 0 aromatic rings. The van der Waals surface area contributed by atoms with Crippen molar-refractivity contribution in [1.82, 2.24) is 0 Å². The van der Waals surface area contributed by atoms with Crippen LogP contribution in [-0.2, 0) is 0 Å². The first-order valence-electron chi connectivity index (χ1n) is 2.42. The summed E-state index contributed by atoms with van der Waals surface area (Å²) in [5.41, 5.74) is 0. The van der Waals surface area contributed by atoms with Crippen LogP contribution >= 0.6 is 0 Å². The van der Waals surface area contributed by atoms with Crippen molar-refractivity contribution >= 4 is 0 Å². The second-order valence-corrected chi connectivity index (χ2v) is 1.70. The molecule has 0 aliphatic heterocycles. The predicted molar refractivity (Wildman–Crippen MR) is 27.7 cm³/mol. The monoisotopic (exact) mass is 96.1 g/mol. The maximum atomic E-state index is 8.33. The molecule has 0 bridgehead atoms. The molecule has 0 rings (SSSR count). The van der Waals surface area contributed by atoms with E-state index in [0.29, 0.717) is 12.5 Å². The summed E-state index contributed by atoms with van der Waals surface area (Å²) >= 11 is 0. The Labute approximate surface area is 58.8 Å². The molecule has 0 aromatic heterocycles. The number of hydrogen-bond donors (Lipinski definition) is 1. The quantitative estimate of drug-likeness (QED) is 0.400. The molecule has 1 atom stereocenters. The van der Waals surface area contributed by atoms with E-state index in [9.17, 15) is 0 Å². The van der Waals surface area contributed by atoms with Crippen LogP contribution in [0.5, 0.6) is 0 Å². The van der Waals surface area contributed by atoms with Gasteiger partial charge in [0.1, 0.15) is 0 Å². The summed E-state index contributed by atoms with van der Waals surface area (Å²) in [7, 11) is 0. The second-order valence-electron chi connectivity index (χ2n) is 1.70. The molecule has 7 heavy (non-hydrogen) atoms. The normalized spacial score (nSPS) is 12.4. The molecule has 1 nitrogen and oxygen atoms in total. The Morgan fingerprint density at radius 1 is 1.71 bits per heavy atom. The predicted octanol–water partition coefficient (Wildman–Crippen LogP) is -1.86. The van der Waals surface area contributed by atoms with Gasteiger partial charge in [-0.25, -0.2) is 0 Å². The minimum absolute atomic E-state index is 0. The van der Waals surface area contributed by atoms with Gasteiger partial charge in [-0.05, 0) is 5.92 Å². The molecule has 0 aliphatic carbocycles. The minimum Gasteiger partial charge on any atom is -1.00 e. The van der Waals surface area contributed by atoms with Gasteiger partial charge in [0.25, 0.3) is 0 Å². The Morgan fingerprint density at radius 3 is 2.14 bits per heavy atom. The van der Waals surface area contributed by atoms with Crippen LogP contribution in [0.4, 0.5) is 0 Å². The molecule has 40 valence electrons. The van der Waals surface area contributed by atoms with Crippen molar-refractivity contribution < 1.29 is 25.4 Å². The van der Waals surface area contributed by atoms with Gasteiger partial charge in [-0.2, -0.15) is 0 Å². The van der Waals surface area contributed by atoms with Gasteiger partial charge < -0.3 is 6.53 Å². The van der Waals surface area contributed by atoms with Crippen molar-refractivity contribution in [3.8, 4) is 0 Å². The van der Waals surface area contributed by atoms with Crippen LogP contribution in [0.3, 0.4) is 0 Å². The van der Waals surface area contributed by atoms with Gasteiger partial charge in [0.15, 0.2) is 0 Å². The van der Waals surface area contributed by atoms with Gasteiger partial charge in [0.05, 0.1) is 0 Å². The Hall–Kier alpha value is 0.557. The molecule has 0 fully saturated rings. The smallest absolute Gasteiger partial charge is 1.00 e. The van der Waals surface area contributed by atoms with Crippen molar-refractivity contribution in [3.63, 3.8) is 0 Å². The molecule has 0 radical (unpaired) electrons. The maximum absolute atomic E-state index is 8.33. The van der Waals surface area contributed by atoms with E-state index in [4.69, 9.17) is 5.11 Å². The standard InChI is InChI=1S/C5H12O.Li.H/c1-3-5(2)4-6;;/h5-6H,3-4H2,1-2H3;;/q;+1;-1. The summed E-state index contributed by atoms with van der Waals surface area (Å²) < 4.78 is 0. The van der Waals surface area contributed by atoms with Crippen LogP contribution in [0.25, 0.3) is 0 Å². The van der Waals surface area contributed by atoms with Gasteiger partial charge in [-0.15, -0.1) is 0 Å². The minimum atomic E-state index is 0. The van der Waals surface area contributed by atoms with Crippen LogP contribution in [-0.4, -0.2) is 11.7 Å². The molecule has 0 spiro atoms. The van der Waals surface area contributed by atoms with Gasteiger partial charge in [-0.1, -0.05) is 20.3 Å². The summed E-state index contributed by atoms with van der Waals surface area (Å²) in [6, 6.07) is 0.